The van der Waals surface area contributed by atoms with Gasteiger partial charge in [-0.1, -0.05) is 19.9 Å². The molecule has 7 nitrogen and oxygen atoms in total. The molecule has 158 valence electrons. The summed E-state index contributed by atoms with van der Waals surface area (Å²) < 4.78 is 6.40. The fourth-order valence-electron chi connectivity index (χ4n) is 6.70. The van der Waals surface area contributed by atoms with Crippen LogP contribution in [0.2, 0.25) is 0 Å². The average molecular weight is 402 g/mol. The van der Waals surface area contributed by atoms with Gasteiger partial charge in [-0.2, -0.15) is 0 Å². The summed E-state index contributed by atoms with van der Waals surface area (Å²) in [6, 6.07) is 2.73. The Balaban J connectivity index is 1.64. The van der Waals surface area contributed by atoms with E-state index in [9.17, 15) is 20.1 Å². The van der Waals surface area contributed by atoms with Crippen LogP contribution in [0.5, 0.6) is 11.5 Å². The Kier molecular flexibility index (Phi) is 4.02. The molecule has 1 aromatic carbocycles. The molecular weight excluding hydrogens is 372 g/mol. The van der Waals surface area contributed by atoms with Crippen molar-refractivity contribution in [2.45, 2.75) is 74.8 Å². The normalized spacial score (nSPS) is 38.4. The second-order valence-corrected chi connectivity index (χ2v) is 9.70. The summed E-state index contributed by atoms with van der Waals surface area (Å²) in [5.74, 6) is -0.360. The number of phenols is 1. The number of aromatic hydroxyl groups is 1. The van der Waals surface area contributed by atoms with Crippen molar-refractivity contribution in [1.29, 1.82) is 0 Å². The summed E-state index contributed by atoms with van der Waals surface area (Å²) in [5, 5.41) is 35.7. The van der Waals surface area contributed by atoms with Crippen molar-refractivity contribution in [1.82, 2.24) is 10.2 Å². The first-order valence-electron chi connectivity index (χ1n) is 10.6. The zero-order valence-corrected chi connectivity index (χ0v) is 17.2. The van der Waals surface area contributed by atoms with Gasteiger partial charge in [-0.3, -0.25) is 10.1 Å². The number of aliphatic hydroxyl groups is 1. The molecular formula is C22H30N2O5. The molecule has 1 saturated carbocycles. The highest BCUT2D eigenvalue weighted by molar-refractivity contribution is 5.74. The van der Waals surface area contributed by atoms with Crippen LogP contribution in [0, 0.1) is 5.92 Å². The number of carboxylic acids is 1. The molecule has 2 unspecified atom stereocenters. The number of carboxylic acid groups (broad SMARTS) is 1. The predicted molar refractivity (Wildman–Crippen MR) is 106 cm³/mol. The molecule has 2 aliphatic carbocycles. The molecule has 0 amide bonds. The van der Waals surface area contributed by atoms with E-state index in [1.165, 1.54) is 0 Å². The molecule has 29 heavy (non-hydrogen) atoms. The minimum atomic E-state index is -0.953. The van der Waals surface area contributed by atoms with Gasteiger partial charge in [-0.25, -0.2) is 0 Å². The van der Waals surface area contributed by atoms with Crippen molar-refractivity contribution in [2.75, 3.05) is 13.6 Å². The summed E-state index contributed by atoms with van der Waals surface area (Å²) in [6.07, 6.45) is 2.27. The van der Waals surface area contributed by atoms with E-state index in [0.29, 0.717) is 18.6 Å². The van der Waals surface area contributed by atoms with E-state index in [-0.39, 0.29) is 23.8 Å². The van der Waals surface area contributed by atoms with Gasteiger partial charge in [0.1, 0.15) is 12.1 Å². The van der Waals surface area contributed by atoms with Gasteiger partial charge in [0.05, 0.1) is 11.0 Å². The fourth-order valence-corrected chi connectivity index (χ4v) is 6.70. The van der Waals surface area contributed by atoms with E-state index in [1.807, 2.05) is 19.9 Å². The quantitative estimate of drug-likeness (QED) is 0.601. The van der Waals surface area contributed by atoms with Gasteiger partial charge in [0.2, 0.25) is 0 Å². The first kappa shape index (κ1) is 19.2. The lowest BCUT2D eigenvalue weighted by atomic mass is 9.48. The smallest absolute Gasteiger partial charge is 0.320 e. The first-order chi connectivity index (χ1) is 13.7. The van der Waals surface area contributed by atoms with Crippen LogP contribution in [0.3, 0.4) is 0 Å². The number of rotatable bonds is 4. The van der Waals surface area contributed by atoms with Gasteiger partial charge in [-0.05, 0) is 56.8 Å². The van der Waals surface area contributed by atoms with Gasteiger partial charge in [0.25, 0.3) is 0 Å². The molecule has 0 radical (unpaired) electrons. The van der Waals surface area contributed by atoms with Gasteiger partial charge in [-0.15, -0.1) is 0 Å². The summed E-state index contributed by atoms with van der Waals surface area (Å²) in [4.78, 5) is 14.1. The molecule has 1 saturated heterocycles. The molecule has 0 aromatic heterocycles. The van der Waals surface area contributed by atoms with E-state index in [2.05, 4.69) is 17.3 Å². The highest BCUT2D eigenvalue weighted by Gasteiger charge is 2.72. The van der Waals surface area contributed by atoms with Gasteiger partial charge in [0.15, 0.2) is 11.5 Å². The molecule has 1 aromatic rings. The van der Waals surface area contributed by atoms with Crippen LogP contribution in [0.25, 0.3) is 0 Å². The van der Waals surface area contributed by atoms with Crippen molar-refractivity contribution < 1.29 is 24.9 Å². The van der Waals surface area contributed by atoms with Crippen LogP contribution in [0.15, 0.2) is 12.1 Å². The zero-order valence-electron chi connectivity index (χ0n) is 17.2. The van der Waals surface area contributed by atoms with Crippen molar-refractivity contribution in [3.05, 3.63) is 23.3 Å². The monoisotopic (exact) mass is 402 g/mol. The second kappa shape index (κ2) is 6.09. The largest absolute Gasteiger partial charge is 0.504 e. The third-order valence-electron chi connectivity index (χ3n) is 8.06. The van der Waals surface area contributed by atoms with E-state index in [0.717, 1.165) is 30.5 Å². The number of ether oxygens (including phenoxy) is 1. The highest BCUT2D eigenvalue weighted by Crippen LogP contribution is 2.65. The number of carbonyl (C=O) groups is 1. The maximum absolute atomic E-state index is 12.1. The number of likely N-dealkylation sites (N-methyl/N-ethyl adjacent to an activating group) is 1. The third kappa shape index (κ3) is 2.26. The van der Waals surface area contributed by atoms with Crippen molar-refractivity contribution in [2.24, 2.45) is 5.92 Å². The summed E-state index contributed by atoms with van der Waals surface area (Å²) >= 11 is 0. The van der Waals surface area contributed by atoms with Crippen LogP contribution < -0.4 is 10.1 Å². The number of nitrogens with one attached hydrogen (secondary N) is 1. The van der Waals surface area contributed by atoms with E-state index in [1.54, 1.807) is 6.07 Å². The number of phenolic OH excluding ortho intramolecular Hbond substituents is 1. The average Bonchev–Trinajstić information content (AvgIpc) is 3.01. The molecule has 7 heteroatoms. The van der Waals surface area contributed by atoms with Crippen LogP contribution >= 0.6 is 0 Å². The number of aliphatic carboxylic acids is 1. The summed E-state index contributed by atoms with van der Waals surface area (Å²) in [5.41, 5.74) is 0.505. The number of nitrogens with zero attached hydrogens (tertiary/aromatic N) is 1. The van der Waals surface area contributed by atoms with Crippen LogP contribution in [-0.4, -0.2) is 69.6 Å². The van der Waals surface area contributed by atoms with Crippen molar-refractivity contribution in [3.8, 4) is 11.5 Å². The molecule has 2 aliphatic heterocycles. The number of likely N-dealkylation sites (tertiary alicyclic amines) is 1. The molecule has 6 atom stereocenters. The molecule has 2 heterocycles. The molecule has 4 N–H and O–H groups in total. The predicted octanol–water partition coefficient (Wildman–Crippen LogP) is 1.24. The van der Waals surface area contributed by atoms with E-state index in [4.69, 9.17) is 4.74 Å². The lowest BCUT2D eigenvalue weighted by molar-refractivity contribution is -0.188. The van der Waals surface area contributed by atoms with E-state index >= 15 is 0 Å². The molecule has 4 aliphatic rings. The standard InChI is InChI=1S/C22H30N2O5/c1-11(2)17(20(26)27)23-13-6-7-22(28)15-10-12-4-5-14(25)18-16(12)21(22,19(13)29-18)8-9-24(15)3/h4-5,11,13,15,17,19,23,25,28H,6-10H2,1-3H3,(H,26,27)/t13?,15-,17+,19?,21+,22-/m1/s1. The van der Waals surface area contributed by atoms with Crippen LogP contribution in [0.4, 0.5) is 0 Å². The number of piperidine rings is 1. The Morgan fingerprint density at radius 2 is 2.10 bits per heavy atom. The number of hydrogen-bond donors (Lipinski definition) is 4. The maximum atomic E-state index is 12.1. The molecule has 5 rings (SSSR count). The summed E-state index contributed by atoms with van der Waals surface area (Å²) in [7, 11) is 2.07. The van der Waals surface area contributed by atoms with Gasteiger partial charge < -0.3 is 25.0 Å². The van der Waals surface area contributed by atoms with Crippen molar-refractivity contribution >= 4 is 5.97 Å². The van der Waals surface area contributed by atoms with Crippen molar-refractivity contribution in [3.63, 3.8) is 0 Å². The Morgan fingerprint density at radius 1 is 1.34 bits per heavy atom. The Hall–Kier alpha value is -1.83. The fraction of sp³-hybridized carbons (Fsp3) is 0.682. The van der Waals surface area contributed by atoms with E-state index < -0.39 is 29.1 Å². The lowest BCUT2D eigenvalue weighted by Gasteiger charge is -2.63. The zero-order chi connectivity index (χ0) is 20.7. The number of hydrogen-bond acceptors (Lipinski definition) is 6. The Bertz CT molecular complexity index is 873. The first-order valence-corrected chi connectivity index (χ1v) is 10.6. The van der Waals surface area contributed by atoms with Crippen LogP contribution in [0.1, 0.15) is 44.2 Å². The highest BCUT2D eigenvalue weighted by atomic mass is 16.5. The SMILES string of the molecule is CC(C)[C@H](NC1CC[C@@]2(O)[C@H]3Cc4ccc(O)c5c4[C@@]2(CCN3C)C1O5)C(=O)O. The minimum absolute atomic E-state index is 0.00772. The summed E-state index contributed by atoms with van der Waals surface area (Å²) in [6.45, 7) is 4.62. The molecule has 2 fully saturated rings. The van der Waals surface area contributed by atoms with Gasteiger partial charge in [0, 0.05) is 17.6 Å². The lowest BCUT2D eigenvalue weighted by Crippen LogP contribution is -2.78. The second-order valence-electron chi connectivity index (χ2n) is 9.70. The topological polar surface area (TPSA) is 102 Å². The Labute approximate surface area is 170 Å². The van der Waals surface area contributed by atoms with Crippen LogP contribution in [-0.2, 0) is 16.6 Å². The number of benzene rings is 1. The van der Waals surface area contributed by atoms with Gasteiger partial charge >= 0.3 is 5.97 Å². The molecule has 2 bridgehead atoms. The minimum Gasteiger partial charge on any atom is -0.504 e. The Morgan fingerprint density at radius 3 is 2.79 bits per heavy atom. The third-order valence-corrected chi connectivity index (χ3v) is 8.06. The molecule has 1 spiro atoms. The maximum Gasteiger partial charge on any atom is 0.320 e.